The van der Waals surface area contributed by atoms with E-state index in [4.69, 9.17) is 4.74 Å². The minimum absolute atomic E-state index is 0.121. The van der Waals surface area contributed by atoms with Crippen molar-refractivity contribution >= 4 is 58.1 Å². The maximum atomic E-state index is 13.4. The molecule has 348 valence electrons. The van der Waals surface area contributed by atoms with Gasteiger partial charge in [-0.3, -0.25) is 39.8 Å². The van der Waals surface area contributed by atoms with Crippen LogP contribution in [0.1, 0.15) is 29.4 Å². The Bertz CT molecular complexity index is 2810. The van der Waals surface area contributed by atoms with Crippen LogP contribution in [-0.2, 0) is 62.9 Å². The van der Waals surface area contributed by atoms with Crippen LogP contribution in [-0.4, -0.2) is 87.0 Å². The number of carbonyl (C=O) groups excluding carboxylic acids is 3. The highest BCUT2D eigenvalue weighted by Gasteiger charge is 2.24. The van der Waals surface area contributed by atoms with E-state index in [2.05, 4.69) is 51.4 Å². The zero-order chi connectivity index (χ0) is 47.5. The molecule has 20 heteroatoms. The quantitative estimate of drug-likeness (QED) is 0.0510. The number of esters is 1. The summed E-state index contributed by atoms with van der Waals surface area (Å²) < 4.78 is 7.81. The number of nitrogens with zero attached hydrogens (tertiary/aromatic N) is 8. The van der Waals surface area contributed by atoms with Gasteiger partial charge in [0.2, 0.25) is 11.8 Å². The Morgan fingerprint density at radius 1 is 0.632 bits per heavy atom. The summed E-state index contributed by atoms with van der Waals surface area (Å²) in [5.74, 6) is -1.31. The van der Waals surface area contributed by atoms with Crippen LogP contribution in [0, 0.1) is 0 Å². The normalized spacial score (nSPS) is 11.7. The van der Waals surface area contributed by atoms with Crippen molar-refractivity contribution in [2.75, 3.05) is 17.2 Å². The molecule has 6 heterocycles. The van der Waals surface area contributed by atoms with Crippen molar-refractivity contribution in [3.05, 3.63) is 166 Å². The van der Waals surface area contributed by atoms with Gasteiger partial charge in [-0.05, 0) is 55.2 Å². The molecule has 5 N–H and O–H groups in total. The van der Waals surface area contributed by atoms with Crippen molar-refractivity contribution in [1.82, 2.24) is 50.1 Å². The van der Waals surface area contributed by atoms with Gasteiger partial charge in [0.25, 0.3) is 0 Å². The third-order valence-corrected chi connectivity index (χ3v) is 11.4. The van der Waals surface area contributed by atoms with E-state index in [0.29, 0.717) is 49.0 Å². The Hall–Kier alpha value is -7.78. The zero-order valence-electron chi connectivity index (χ0n) is 36.8. The molecule has 0 aliphatic carbocycles. The SMILES string of the molecule is CCOC(=O)Cn1nc(-c2ccncc2)cc1NC(=O)[C@H](Cc1ccccc1)NCc1cscn1.O=C(O)Cn1nc(-c2ccncc2)cc1NC(=O)[C@H](Cc1ccccc1)NCc1cscn1. The highest BCUT2D eigenvalue weighted by Crippen LogP contribution is 2.24. The summed E-state index contributed by atoms with van der Waals surface area (Å²) in [6.07, 6.45) is 7.53. The molecule has 0 unspecified atom stereocenters. The fourth-order valence-corrected chi connectivity index (χ4v) is 7.92. The van der Waals surface area contributed by atoms with Gasteiger partial charge >= 0.3 is 11.9 Å². The maximum Gasteiger partial charge on any atom is 0.327 e. The Kier molecular flexibility index (Phi) is 17.5. The first-order valence-electron chi connectivity index (χ1n) is 21.4. The van der Waals surface area contributed by atoms with E-state index < -0.39 is 24.0 Å². The lowest BCUT2D eigenvalue weighted by atomic mass is 10.1. The Balaban J connectivity index is 0.000000202. The van der Waals surface area contributed by atoms with Crippen LogP contribution in [0.3, 0.4) is 0 Å². The summed E-state index contributed by atoms with van der Waals surface area (Å²) >= 11 is 3.00. The number of carbonyl (C=O) groups is 4. The van der Waals surface area contributed by atoms with Crippen LogP contribution in [0.15, 0.2) is 144 Å². The second-order valence-corrected chi connectivity index (χ2v) is 16.4. The molecule has 18 nitrogen and oxygen atoms in total. The van der Waals surface area contributed by atoms with Crippen LogP contribution in [0.5, 0.6) is 0 Å². The third kappa shape index (κ3) is 14.4. The first-order chi connectivity index (χ1) is 33.2. The number of ether oxygens (including phenoxy) is 1. The smallest absolute Gasteiger partial charge is 0.327 e. The minimum atomic E-state index is -1.06. The van der Waals surface area contributed by atoms with Crippen molar-refractivity contribution in [3.63, 3.8) is 0 Å². The molecule has 0 fully saturated rings. The molecular weight excluding hydrogens is 905 g/mol. The molecule has 0 aliphatic heterocycles. The summed E-state index contributed by atoms with van der Waals surface area (Å²) in [5.41, 5.74) is 10.00. The number of anilines is 2. The van der Waals surface area contributed by atoms with E-state index in [9.17, 15) is 24.3 Å². The van der Waals surface area contributed by atoms with Crippen LogP contribution in [0.25, 0.3) is 22.5 Å². The minimum Gasteiger partial charge on any atom is -0.480 e. The standard InChI is InChI=1S/C25H26N6O3S.C23H22N6O3S/c1-2-34-24(32)15-31-23(13-21(30-31)19-8-10-26-11-9-19)29-25(33)22(12-18-6-4-3-5-7-18)27-14-20-16-35-17-28-20;30-22(31)13-29-21(11-19(28-29)17-6-8-24-9-7-17)27-23(32)20(10-16-4-2-1-3-5-16)25-12-18-14-33-15-26-18/h3-11,13,16-17,22,27H,2,12,14-15H2,1H3,(H,29,33);1-9,11,14-15,20,25H,10,12-13H2,(H,27,32)(H,30,31)/t22-;20-/m00/s1. The average molecular weight is 953 g/mol. The summed E-state index contributed by atoms with van der Waals surface area (Å²) in [6.45, 7) is 2.40. The molecule has 0 bridgehead atoms. The van der Waals surface area contributed by atoms with Crippen LogP contribution in [0.4, 0.5) is 11.6 Å². The highest BCUT2D eigenvalue weighted by molar-refractivity contribution is 7.07. The topological polar surface area (TPSA) is 233 Å². The van der Waals surface area contributed by atoms with E-state index >= 15 is 0 Å². The molecule has 2 amide bonds. The number of aromatic nitrogens is 8. The van der Waals surface area contributed by atoms with Gasteiger partial charge in [0, 0.05) is 71.9 Å². The number of carboxylic acids is 1. The van der Waals surface area contributed by atoms with Gasteiger partial charge in [-0.2, -0.15) is 10.2 Å². The molecule has 2 aromatic carbocycles. The number of rotatable bonds is 21. The summed E-state index contributed by atoms with van der Waals surface area (Å²) in [6, 6.07) is 29.0. The van der Waals surface area contributed by atoms with Gasteiger partial charge in [0.15, 0.2) is 0 Å². The molecule has 68 heavy (non-hydrogen) atoms. The van der Waals surface area contributed by atoms with Crippen molar-refractivity contribution < 1.29 is 29.0 Å². The molecule has 8 rings (SSSR count). The molecule has 0 saturated carbocycles. The lowest BCUT2D eigenvalue weighted by molar-refractivity contribution is -0.144. The lowest BCUT2D eigenvalue weighted by Gasteiger charge is -2.18. The number of benzene rings is 2. The van der Waals surface area contributed by atoms with Crippen LogP contribution in [0.2, 0.25) is 0 Å². The number of amides is 2. The first kappa shape index (κ1) is 48.2. The van der Waals surface area contributed by atoms with Crippen LogP contribution >= 0.6 is 22.7 Å². The van der Waals surface area contributed by atoms with Crippen molar-refractivity contribution in [3.8, 4) is 22.5 Å². The number of carboxylic acid groups (broad SMARTS) is 1. The van der Waals surface area contributed by atoms with E-state index in [-0.39, 0.29) is 31.5 Å². The fourth-order valence-electron chi connectivity index (χ4n) is 6.81. The number of pyridine rings is 2. The van der Waals surface area contributed by atoms with Crippen molar-refractivity contribution in [1.29, 1.82) is 0 Å². The van der Waals surface area contributed by atoms with Gasteiger partial charge in [0.05, 0.1) is 52.5 Å². The maximum absolute atomic E-state index is 13.4. The zero-order valence-corrected chi connectivity index (χ0v) is 38.5. The molecule has 2 atom stereocenters. The van der Waals surface area contributed by atoms with E-state index in [1.54, 1.807) is 67.0 Å². The molecule has 0 aliphatic rings. The first-order valence-corrected chi connectivity index (χ1v) is 23.3. The number of hydrogen-bond donors (Lipinski definition) is 5. The van der Waals surface area contributed by atoms with Gasteiger partial charge in [-0.25, -0.2) is 19.3 Å². The number of nitrogens with one attached hydrogen (secondary N) is 4. The Labute approximate surface area is 399 Å². The Morgan fingerprint density at radius 2 is 1.07 bits per heavy atom. The summed E-state index contributed by atoms with van der Waals surface area (Å²) in [7, 11) is 0. The molecule has 8 aromatic rings. The molecule has 0 radical (unpaired) electrons. The largest absolute Gasteiger partial charge is 0.480 e. The second-order valence-electron chi connectivity index (χ2n) is 15.0. The highest BCUT2D eigenvalue weighted by atomic mass is 32.1. The van der Waals surface area contributed by atoms with Crippen molar-refractivity contribution in [2.24, 2.45) is 0 Å². The van der Waals surface area contributed by atoms with Crippen molar-refractivity contribution in [2.45, 2.75) is 58.0 Å². The monoisotopic (exact) mass is 952 g/mol. The van der Waals surface area contributed by atoms with Gasteiger partial charge in [0.1, 0.15) is 24.7 Å². The molecule has 0 saturated heterocycles. The number of hydrogen-bond acceptors (Lipinski definition) is 15. The number of aliphatic carboxylic acids is 1. The molecule has 6 aromatic heterocycles. The second kappa shape index (κ2) is 24.7. The van der Waals surface area contributed by atoms with E-state index in [0.717, 1.165) is 33.6 Å². The average Bonchev–Trinajstić information content (AvgIpc) is 4.21. The summed E-state index contributed by atoms with van der Waals surface area (Å²) in [5, 5.41) is 34.5. The lowest BCUT2D eigenvalue weighted by Crippen LogP contribution is -2.42. The van der Waals surface area contributed by atoms with E-state index in [1.165, 1.54) is 32.0 Å². The summed E-state index contributed by atoms with van der Waals surface area (Å²) in [4.78, 5) is 66.8. The third-order valence-electron chi connectivity index (χ3n) is 10.1. The molecular formula is C48H48N12O6S2. The number of thiazole rings is 2. The predicted octanol–water partition coefficient (Wildman–Crippen LogP) is 6.13. The Morgan fingerprint density at radius 3 is 1.47 bits per heavy atom. The molecule has 0 spiro atoms. The van der Waals surface area contributed by atoms with Gasteiger partial charge in [-0.1, -0.05) is 60.7 Å². The van der Waals surface area contributed by atoms with Crippen LogP contribution < -0.4 is 21.3 Å². The van der Waals surface area contributed by atoms with Gasteiger partial charge in [-0.15, -0.1) is 22.7 Å². The van der Waals surface area contributed by atoms with E-state index in [1.807, 2.05) is 83.6 Å². The van der Waals surface area contributed by atoms with Gasteiger partial charge < -0.3 is 20.5 Å². The predicted molar refractivity (Wildman–Crippen MR) is 258 cm³/mol. The fraction of sp³-hybridized carbons (Fsp3) is 0.208.